The Hall–Kier alpha value is -2.75. The molecule has 3 atom stereocenters. The number of benzene rings is 1. The monoisotopic (exact) mass is 481 g/mol. The molecule has 3 amide bonds. The number of amides is 3. The molecule has 0 aliphatic carbocycles. The maximum absolute atomic E-state index is 13.7. The van der Waals surface area contributed by atoms with Gasteiger partial charge in [0.05, 0.1) is 30.0 Å². The van der Waals surface area contributed by atoms with E-state index in [2.05, 4.69) is 17.2 Å². The van der Waals surface area contributed by atoms with Crippen LogP contribution in [0.5, 0.6) is 0 Å². The highest BCUT2D eigenvalue weighted by Gasteiger charge is 2.51. The molecular weight excluding hydrogens is 450 g/mol. The van der Waals surface area contributed by atoms with Gasteiger partial charge in [-0.1, -0.05) is 31.2 Å². The Kier molecular flexibility index (Phi) is 6.67. The Morgan fingerprint density at radius 1 is 1.00 bits per heavy atom. The van der Waals surface area contributed by atoms with E-state index < -0.39 is 0 Å². The molecule has 0 bridgehead atoms. The SMILES string of the molecule is CCN1CC(C(=O)N2CCN(C(=O)Cc3cccs3)CC2)C2NN(c3ccccc3)C(=O)C2C1. The van der Waals surface area contributed by atoms with E-state index in [0.29, 0.717) is 45.7 Å². The average Bonchev–Trinajstić information content (AvgIpc) is 3.51. The second-order valence-corrected chi connectivity index (χ2v) is 10.2. The third-order valence-electron chi connectivity index (χ3n) is 7.22. The van der Waals surface area contributed by atoms with Crippen LogP contribution in [0.4, 0.5) is 5.69 Å². The smallest absolute Gasteiger partial charge is 0.247 e. The van der Waals surface area contributed by atoms with E-state index in [-0.39, 0.29) is 35.6 Å². The normalized spacial score (nSPS) is 25.5. The van der Waals surface area contributed by atoms with Crippen molar-refractivity contribution in [3.05, 3.63) is 52.7 Å². The van der Waals surface area contributed by atoms with Crippen LogP contribution in [-0.4, -0.2) is 84.3 Å². The number of piperazine rings is 1. The molecule has 3 saturated heterocycles. The predicted molar refractivity (Wildman–Crippen MR) is 131 cm³/mol. The first kappa shape index (κ1) is 23.0. The van der Waals surface area contributed by atoms with E-state index in [0.717, 1.165) is 17.1 Å². The minimum atomic E-state index is -0.301. The molecule has 34 heavy (non-hydrogen) atoms. The summed E-state index contributed by atoms with van der Waals surface area (Å²) >= 11 is 1.59. The van der Waals surface area contributed by atoms with Crippen LogP contribution in [0.1, 0.15) is 11.8 Å². The van der Waals surface area contributed by atoms with Gasteiger partial charge < -0.3 is 14.7 Å². The molecule has 180 valence electrons. The molecule has 8 nitrogen and oxygen atoms in total. The molecule has 3 aliphatic rings. The zero-order valence-electron chi connectivity index (χ0n) is 19.4. The number of hydrogen-bond donors (Lipinski definition) is 1. The van der Waals surface area contributed by atoms with Crippen LogP contribution < -0.4 is 10.4 Å². The van der Waals surface area contributed by atoms with E-state index in [1.807, 2.05) is 57.6 Å². The zero-order valence-corrected chi connectivity index (χ0v) is 20.2. The molecule has 1 aromatic carbocycles. The quantitative estimate of drug-likeness (QED) is 0.700. The average molecular weight is 482 g/mol. The Morgan fingerprint density at radius 2 is 1.74 bits per heavy atom. The number of fused-ring (bicyclic) bond motifs is 1. The highest BCUT2D eigenvalue weighted by Crippen LogP contribution is 2.32. The van der Waals surface area contributed by atoms with Gasteiger partial charge in [0.2, 0.25) is 17.7 Å². The van der Waals surface area contributed by atoms with E-state index in [1.165, 1.54) is 0 Å². The summed E-state index contributed by atoms with van der Waals surface area (Å²) in [6, 6.07) is 13.3. The zero-order chi connectivity index (χ0) is 23.7. The van der Waals surface area contributed by atoms with Crippen molar-refractivity contribution >= 4 is 34.7 Å². The molecule has 0 spiro atoms. The van der Waals surface area contributed by atoms with Crippen LogP contribution in [0.3, 0.4) is 0 Å². The lowest BCUT2D eigenvalue weighted by Crippen LogP contribution is -2.60. The predicted octanol–water partition coefficient (Wildman–Crippen LogP) is 1.45. The molecule has 9 heteroatoms. The number of nitrogens with one attached hydrogen (secondary N) is 1. The highest BCUT2D eigenvalue weighted by atomic mass is 32.1. The van der Waals surface area contributed by atoms with Crippen molar-refractivity contribution in [2.45, 2.75) is 19.4 Å². The maximum atomic E-state index is 13.7. The topological polar surface area (TPSA) is 76.2 Å². The summed E-state index contributed by atoms with van der Waals surface area (Å²) in [7, 11) is 0. The van der Waals surface area contributed by atoms with Crippen LogP contribution in [0.25, 0.3) is 0 Å². The third kappa shape index (κ3) is 4.47. The van der Waals surface area contributed by atoms with Crippen molar-refractivity contribution < 1.29 is 14.4 Å². The van der Waals surface area contributed by atoms with E-state index in [1.54, 1.807) is 16.3 Å². The Bertz CT molecular complexity index is 1020. The second-order valence-electron chi connectivity index (χ2n) is 9.19. The second kappa shape index (κ2) is 9.85. The molecule has 3 unspecified atom stereocenters. The lowest BCUT2D eigenvalue weighted by molar-refractivity contribution is -0.144. The number of likely N-dealkylation sites (tertiary alicyclic amines) is 1. The largest absolute Gasteiger partial charge is 0.339 e. The van der Waals surface area contributed by atoms with Gasteiger partial charge in [-0.25, -0.2) is 10.4 Å². The number of piperidine rings is 1. The van der Waals surface area contributed by atoms with Crippen LogP contribution in [0, 0.1) is 11.8 Å². The summed E-state index contributed by atoms with van der Waals surface area (Å²) in [6.45, 7) is 6.34. The minimum absolute atomic E-state index is 0.0242. The van der Waals surface area contributed by atoms with E-state index >= 15 is 0 Å². The number of hydrazine groups is 1. The summed E-state index contributed by atoms with van der Waals surface area (Å²) in [5.74, 6) is -0.336. The molecule has 3 aliphatic heterocycles. The fourth-order valence-corrected chi connectivity index (χ4v) is 5.98. The fourth-order valence-electron chi connectivity index (χ4n) is 5.28. The van der Waals surface area contributed by atoms with Gasteiger partial charge in [-0.2, -0.15) is 0 Å². The number of nitrogens with zero attached hydrogens (tertiary/aromatic N) is 4. The number of para-hydroxylation sites is 1. The van der Waals surface area contributed by atoms with Crippen molar-refractivity contribution in [3.8, 4) is 0 Å². The van der Waals surface area contributed by atoms with Crippen molar-refractivity contribution in [3.63, 3.8) is 0 Å². The standard InChI is InChI=1S/C25H31N5O3S/c1-2-27-16-20(23-21(17-27)25(33)30(26-23)18-7-4-3-5-8-18)24(32)29-12-10-28(11-13-29)22(31)15-19-9-6-14-34-19/h3-9,14,20-21,23,26H,2,10-13,15-17H2,1H3. The third-order valence-corrected chi connectivity index (χ3v) is 8.10. The Balaban J connectivity index is 1.25. The molecule has 5 rings (SSSR count). The number of anilines is 1. The van der Waals surface area contributed by atoms with Crippen molar-refractivity contribution in [1.82, 2.24) is 20.1 Å². The molecule has 0 saturated carbocycles. The van der Waals surface area contributed by atoms with Crippen molar-refractivity contribution in [2.75, 3.05) is 50.8 Å². The van der Waals surface area contributed by atoms with Gasteiger partial charge in [-0.15, -0.1) is 11.3 Å². The van der Waals surface area contributed by atoms with Gasteiger partial charge in [0, 0.05) is 44.1 Å². The number of carbonyl (C=O) groups excluding carboxylic acids is 3. The Labute approximate surface area is 204 Å². The van der Waals surface area contributed by atoms with Gasteiger partial charge in [0.1, 0.15) is 0 Å². The minimum Gasteiger partial charge on any atom is -0.339 e. The lowest BCUT2D eigenvalue weighted by atomic mass is 9.83. The summed E-state index contributed by atoms with van der Waals surface area (Å²) in [5, 5.41) is 3.60. The van der Waals surface area contributed by atoms with Gasteiger partial charge in [-0.3, -0.25) is 14.4 Å². The number of hydrogen-bond acceptors (Lipinski definition) is 6. The van der Waals surface area contributed by atoms with Gasteiger partial charge in [0.25, 0.3) is 0 Å². The Morgan fingerprint density at radius 3 is 2.41 bits per heavy atom. The molecule has 1 N–H and O–H groups in total. The van der Waals surface area contributed by atoms with Crippen molar-refractivity contribution in [1.29, 1.82) is 0 Å². The van der Waals surface area contributed by atoms with Gasteiger partial charge in [-0.05, 0) is 30.1 Å². The van der Waals surface area contributed by atoms with Crippen molar-refractivity contribution in [2.24, 2.45) is 11.8 Å². The van der Waals surface area contributed by atoms with Crippen LogP contribution in [0.15, 0.2) is 47.8 Å². The van der Waals surface area contributed by atoms with Crippen LogP contribution in [0.2, 0.25) is 0 Å². The van der Waals surface area contributed by atoms with E-state index in [4.69, 9.17) is 0 Å². The number of rotatable bonds is 5. The lowest BCUT2D eigenvalue weighted by Gasteiger charge is -2.42. The van der Waals surface area contributed by atoms with Gasteiger partial charge in [0.15, 0.2) is 0 Å². The molecular formula is C25H31N5O3S. The molecule has 4 heterocycles. The molecule has 3 fully saturated rings. The fraction of sp³-hybridized carbons (Fsp3) is 0.480. The first-order valence-electron chi connectivity index (χ1n) is 12.0. The molecule has 0 radical (unpaired) electrons. The first-order valence-corrected chi connectivity index (χ1v) is 12.9. The van der Waals surface area contributed by atoms with Crippen LogP contribution >= 0.6 is 11.3 Å². The van der Waals surface area contributed by atoms with Gasteiger partial charge >= 0.3 is 0 Å². The summed E-state index contributed by atoms with van der Waals surface area (Å²) in [4.78, 5) is 46.6. The number of thiophene rings is 1. The maximum Gasteiger partial charge on any atom is 0.247 e. The summed E-state index contributed by atoms with van der Waals surface area (Å²) in [5.41, 5.74) is 4.17. The number of carbonyl (C=O) groups is 3. The summed E-state index contributed by atoms with van der Waals surface area (Å²) < 4.78 is 0. The first-order chi connectivity index (χ1) is 16.5. The summed E-state index contributed by atoms with van der Waals surface area (Å²) in [6.07, 6.45) is 0.421. The molecule has 1 aromatic heterocycles. The highest BCUT2D eigenvalue weighted by molar-refractivity contribution is 7.10. The van der Waals surface area contributed by atoms with E-state index in [9.17, 15) is 14.4 Å². The molecule has 2 aromatic rings. The van der Waals surface area contributed by atoms with Crippen LogP contribution in [-0.2, 0) is 20.8 Å².